The fourth-order valence-corrected chi connectivity index (χ4v) is 2.50. The van der Waals surface area contributed by atoms with Crippen molar-refractivity contribution in [2.24, 2.45) is 0 Å². The fraction of sp³-hybridized carbons (Fsp3) is 0.250. The van der Waals surface area contributed by atoms with Crippen LogP contribution >= 0.6 is 0 Å². The van der Waals surface area contributed by atoms with E-state index in [1.807, 2.05) is 48.5 Å². The van der Waals surface area contributed by atoms with Crippen LogP contribution in [0.3, 0.4) is 0 Å². The molecule has 128 valence electrons. The normalized spacial score (nSPS) is 11.3. The molecule has 2 N–H and O–H groups in total. The summed E-state index contributed by atoms with van der Waals surface area (Å²) >= 11 is 0. The summed E-state index contributed by atoms with van der Waals surface area (Å²) in [6.45, 7) is 0. The van der Waals surface area contributed by atoms with E-state index in [-0.39, 0.29) is 0 Å². The number of nitrogens with one attached hydrogen (secondary N) is 1. The van der Waals surface area contributed by atoms with Crippen molar-refractivity contribution in [2.75, 3.05) is 0 Å². The van der Waals surface area contributed by atoms with Crippen LogP contribution in [-0.4, -0.2) is 23.0 Å². The van der Waals surface area contributed by atoms with Crippen LogP contribution in [0.15, 0.2) is 54.6 Å². The molecular formula is C20H20N2O3. The van der Waals surface area contributed by atoms with E-state index in [9.17, 15) is 14.7 Å². The Hall–Kier alpha value is -3.13. The van der Waals surface area contributed by atoms with Crippen LogP contribution in [0.25, 0.3) is 11.1 Å². The standard InChI is InChI=1S/C20H20N2O3/c21-14-6-2-5-9-18(20(24)25)22-19(23)17-12-10-16(11-13-17)15-7-3-1-4-8-15/h1,3-4,7-8,10-13,18H,2,5-6,9H2,(H,22,23)(H,24,25)/t18-/m0/s1. The average molecular weight is 336 g/mol. The van der Waals surface area contributed by atoms with Gasteiger partial charge in [-0.1, -0.05) is 42.5 Å². The highest BCUT2D eigenvalue weighted by Crippen LogP contribution is 2.19. The molecule has 5 heteroatoms. The highest BCUT2D eigenvalue weighted by Gasteiger charge is 2.20. The second-order valence-corrected chi connectivity index (χ2v) is 5.71. The predicted molar refractivity (Wildman–Crippen MR) is 94.8 cm³/mol. The number of nitriles is 1. The van der Waals surface area contributed by atoms with Gasteiger partial charge in [0.15, 0.2) is 0 Å². The molecule has 0 fully saturated rings. The molecule has 2 aromatic rings. The molecule has 0 unspecified atom stereocenters. The molecule has 0 heterocycles. The lowest BCUT2D eigenvalue weighted by Gasteiger charge is -2.14. The van der Waals surface area contributed by atoms with Crippen LogP contribution in [0.1, 0.15) is 36.0 Å². The van der Waals surface area contributed by atoms with Gasteiger partial charge in [0.25, 0.3) is 5.91 Å². The van der Waals surface area contributed by atoms with Crippen molar-refractivity contribution in [1.29, 1.82) is 5.26 Å². The Bertz CT molecular complexity index is 749. The van der Waals surface area contributed by atoms with E-state index >= 15 is 0 Å². The number of benzene rings is 2. The second-order valence-electron chi connectivity index (χ2n) is 5.71. The van der Waals surface area contributed by atoms with Crippen LogP contribution in [0.2, 0.25) is 0 Å². The van der Waals surface area contributed by atoms with Crippen molar-refractivity contribution in [3.63, 3.8) is 0 Å². The quantitative estimate of drug-likeness (QED) is 0.720. The largest absolute Gasteiger partial charge is 0.480 e. The zero-order chi connectivity index (χ0) is 18.1. The molecule has 2 aromatic carbocycles. The van der Waals surface area contributed by atoms with Crippen molar-refractivity contribution < 1.29 is 14.7 Å². The number of aliphatic carboxylic acids is 1. The lowest BCUT2D eigenvalue weighted by molar-refractivity contribution is -0.139. The lowest BCUT2D eigenvalue weighted by atomic mass is 10.0. The summed E-state index contributed by atoms with van der Waals surface area (Å²) in [5.41, 5.74) is 2.46. The third kappa shape index (κ3) is 5.47. The molecule has 0 saturated carbocycles. The molecular weight excluding hydrogens is 316 g/mol. The first-order valence-corrected chi connectivity index (χ1v) is 8.18. The van der Waals surface area contributed by atoms with Gasteiger partial charge in [0, 0.05) is 12.0 Å². The number of carbonyl (C=O) groups is 2. The topological polar surface area (TPSA) is 90.2 Å². The van der Waals surface area contributed by atoms with Gasteiger partial charge in [-0.3, -0.25) is 4.79 Å². The van der Waals surface area contributed by atoms with E-state index in [0.717, 1.165) is 11.1 Å². The molecule has 5 nitrogen and oxygen atoms in total. The van der Waals surface area contributed by atoms with E-state index in [4.69, 9.17) is 5.26 Å². The van der Waals surface area contributed by atoms with Gasteiger partial charge in [-0.15, -0.1) is 0 Å². The van der Waals surface area contributed by atoms with Crippen molar-refractivity contribution >= 4 is 11.9 Å². The number of carboxylic acid groups (broad SMARTS) is 1. The fourth-order valence-electron chi connectivity index (χ4n) is 2.50. The maximum atomic E-state index is 12.3. The van der Waals surface area contributed by atoms with Gasteiger partial charge in [-0.25, -0.2) is 4.79 Å². The summed E-state index contributed by atoms with van der Waals surface area (Å²) in [5, 5.41) is 20.3. The van der Waals surface area contributed by atoms with Crippen LogP contribution in [0.5, 0.6) is 0 Å². The van der Waals surface area contributed by atoms with Crippen molar-refractivity contribution in [1.82, 2.24) is 5.32 Å². The second kappa shape index (κ2) is 9.24. The first-order chi connectivity index (χ1) is 12.1. The first-order valence-electron chi connectivity index (χ1n) is 8.18. The number of hydrogen-bond donors (Lipinski definition) is 2. The average Bonchev–Trinajstić information content (AvgIpc) is 2.64. The number of nitrogens with zero attached hydrogens (tertiary/aromatic N) is 1. The maximum Gasteiger partial charge on any atom is 0.326 e. The molecule has 0 spiro atoms. The Morgan fingerprint density at radius 3 is 2.24 bits per heavy atom. The molecule has 0 aliphatic heterocycles. The zero-order valence-corrected chi connectivity index (χ0v) is 13.8. The number of amides is 1. The van der Waals surface area contributed by atoms with Crippen LogP contribution < -0.4 is 5.32 Å². The number of carbonyl (C=O) groups excluding carboxylic acids is 1. The van der Waals surface area contributed by atoms with Crippen LogP contribution in [0.4, 0.5) is 0 Å². The number of hydrogen-bond acceptors (Lipinski definition) is 3. The van der Waals surface area contributed by atoms with Gasteiger partial charge < -0.3 is 10.4 Å². The molecule has 1 amide bonds. The molecule has 25 heavy (non-hydrogen) atoms. The summed E-state index contributed by atoms with van der Waals surface area (Å²) in [7, 11) is 0. The Morgan fingerprint density at radius 2 is 1.64 bits per heavy atom. The number of rotatable bonds is 8. The molecule has 0 saturated heterocycles. The predicted octanol–water partition coefficient (Wildman–Crippen LogP) is 3.62. The number of unbranched alkanes of at least 4 members (excludes halogenated alkanes) is 2. The molecule has 2 rings (SSSR count). The van der Waals surface area contributed by atoms with Gasteiger partial charge >= 0.3 is 5.97 Å². The Kier molecular flexibility index (Phi) is 6.73. The summed E-state index contributed by atoms with van der Waals surface area (Å²) in [6, 6.07) is 17.9. The molecule has 0 aliphatic rings. The SMILES string of the molecule is N#CCCCC[C@H](NC(=O)c1ccc(-c2ccccc2)cc1)C(=O)O. The van der Waals surface area contributed by atoms with E-state index < -0.39 is 17.9 Å². The summed E-state index contributed by atoms with van der Waals surface area (Å²) in [4.78, 5) is 23.6. The highest BCUT2D eigenvalue weighted by molar-refractivity contribution is 5.97. The highest BCUT2D eigenvalue weighted by atomic mass is 16.4. The first kappa shape index (κ1) is 18.2. The van der Waals surface area contributed by atoms with Crippen LogP contribution in [-0.2, 0) is 4.79 Å². The molecule has 0 aliphatic carbocycles. The van der Waals surface area contributed by atoms with Crippen LogP contribution in [0, 0.1) is 11.3 Å². The summed E-state index contributed by atoms with van der Waals surface area (Å²) in [6.07, 6.45) is 1.91. The van der Waals surface area contributed by atoms with Gasteiger partial charge in [-0.2, -0.15) is 5.26 Å². The summed E-state index contributed by atoms with van der Waals surface area (Å²) < 4.78 is 0. The van der Waals surface area contributed by atoms with Crippen molar-refractivity contribution in [3.8, 4) is 17.2 Å². The summed E-state index contributed by atoms with van der Waals surface area (Å²) in [5.74, 6) is -1.47. The molecule has 0 radical (unpaired) electrons. The Labute approximate surface area is 146 Å². The molecule has 1 atom stereocenters. The minimum Gasteiger partial charge on any atom is -0.480 e. The minimum atomic E-state index is -1.06. The van der Waals surface area contributed by atoms with E-state index in [0.29, 0.717) is 31.2 Å². The van der Waals surface area contributed by atoms with Gasteiger partial charge in [0.1, 0.15) is 6.04 Å². The van der Waals surface area contributed by atoms with Gasteiger partial charge in [0.05, 0.1) is 6.07 Å². The maximum absolute atomic E-state index is 12.3. The third-order valence-corrected chi connectivity index (χ3v) is 3.89. The monoisotopic (exact) mass is 336 g/mol. The smallest absolute Gasteiger partial charge is 0.326 e. The van der Waals surface area contributed by atoms with Crippen molar-refractivity contribution in [3.05, 3.63) is 60.2 Å². The minimum absolute atomic E-state index is 0.310. The zero-order valence-electron chi connectivity index (χ0n) is 13.8. The van der Waals surface area contributed by atoms with Gasteiger partial charge in [0.2, 0.25) is 0 Å². The van der Waals surface area contributed by atoms with Crippen molar-refractivity contribution in [2.45, 2.75) is 31.7 Å². The van der Waals surface area contributed by atoms with E-state index in [1.165, 1.54) is 0 Å². The van der Waals surface area contributed by atoms with E-state index in [2.05, 4.69) is 5.32 Å². The van der Waals surface area contributed by atoms with Gasteiger partial charge in [-0.05, 0) is 42.5 Å². The molecule has 0 bridgehead atoms. The van der Waals surface area contributed by atoms with E-state index in [1.54, 1.807) is 12.1 Å². The lowest BCUT2D eigenvalue weighted by Crippen LogP contribution is -2.40. The molecule has 0 aromatic heterocycles. The number of carboxylic acids is 1. The Balaban J connectivity index is 1.99. The Morgan fingerprint density at radius 1 is 1.00 bits per heavy atom. The third-order valence-electron chi connectivity index (χ3n) is 3.89.